The molecule has 0 aliphatic heterocycles. The molecule has 3 aromatic rings. The van der Waals surface area contributed by atoms with Crippen molar-refractivity contribution in [3.05, 3.63) is 60.1 Å². The van der Waals surface area contributed by atoms with Crippen molar-refractivity contribution in [2.75, 3.05) is 6.54 Å². The van der Waals surface area contributed by atoms with Crippen molar-refractivity contribution >= 4 is 15.7 Å². The first kappa shape index (κ1) is 15.5. The van der Waals surface area contributed by atoms with E-state index in [0.29, 0.717) is 11.5 Å². The van der Waals surface area contributed by atoms with E-state index in [0.717, 1.165) is 18.2 Å². The SMILES string of the molecule is O=S(=O)(NCCc1nnc2ccccn12)c1cccc(F)c1F. The fourth-order valence-electron chi connectivity index (χ4n) is 2.13. The van der Waals surface area contributed by atoms with Gasteiger partial charge in [-0.2, -0.15) is 0 Å². The minimum atomic E-state index is -4.14. The summed E-state index contributed by atoms with van der Waals surface area (Å²) in [7, 11) is -4.14. The molecule has 0 bridgehead atoms. The van der Waals surface area contributed by atoms with E-state index < -0.39 is 26.6 Å². The van der Waals surface area contributed by atoms with Crippen LogP contribution in [0.3, 0.4) is 0 Å². The van der Waals surface area contributed by atoms with E-state index in [-0.39, 0.29) is 13.0 Å². The molecule has 0 amide bonds. The zero-order chi connectivity index (χ0) is 16.4. The zero-order valence-corrected chi connectivity index (χ0v) is 12.6. The van der Waals surface area contributed by atoms with Crippen LogP contribution in [0.2, 0.25) is 0 Å². The van der Waals surface area contributed by atoms with Crippen LogP contribution in [0.4, 0.5) is 8.78 Å². The lowest BCUT2D eigenvalue weighted by molar-refractivity contribution is 0.483. The van der Waals surface area contributed by atoms with Crippen molar-refractivity contribution in [3.8, 4) is 0 Å². The third-order valence-corrected chi connectivity index (χ3v) is 4.71. The van der Waals surface area contributed by atoms with Crippen LogP contribution in [0.5, 0.6) is 0 Å². The summed E-state index contributed by atoms with van der Waals surface area (Å²) in [6.07, 6.45) is 2.01. The fourth-order valence-corrected chi connectivity index (χ4v) is 3.25. The Morgan fingerprint density at radius 2 is 1.91 bits per heavy atom. The van der Waals surface area contributed by atoms with Crippen LogP contribution >= 0.6 is 0 Å². The maximum atomic E-state index is 13.6. The summed E-state index contributed by atoms with van der Waals surface area (Å²) in [5.41, 5.74) is 0.640. The predicted octanol–water partition coefficient (Wildman–Crippen LogP) is 1.53. The van der Waals surface area contributed by atoms with Gasteiger partial charge >= 0.3 is 0 Å². The first-order valence-corrected chi connectivity index (χ1v) is 8.20. The highest BCUT2D eigenvalue weighted by atomic mass is 32.2. The Bertz CT molecular complexity index is 956. The number of nitrogens with one attached hydrogen (secondary N) is 1. The summed E-state index contributed by atoms with van der Waals surface area (Å²) < 4.78 is 54.7. The molecule has 23 heavy (non-hydrogen) atoms. The monoisotopic (exact) mass is 338 g/mol. The lowest BCUT2D eigenvalue weighted by Gasteiger charge is -2.07. The van der Waals surface area contributed by atoms with Gasteiger partial charge < -0.3 is 0 Å². The van der Waals surface area contributed by atoms with E-state index in [1.54, 1.807) is 22.7 Å². The van der Waals surface area contributed by atoms with Crippen LogP contribution in [-0.4, -0.2) is 29.6 Å². The number of aromatic nitrogens is 3. The molecule has 1 aromatic carbocycles. The van der Waals surface area contributed by atoms with Gasteiger partial charge in [0.15, 0.2) is 17.3 Å². The van der Waals surface area contributed by atoms with Crippen molar-refractivity contribution in [1.29, 1.82) is 0 Å². The summed E-state index contributed by atoms with van der Waals surface area (Å²) in [5.74, 6) is -2.05. The molecule has 1 N–H and O–H groups in total. The molecule has 0 unspecified atom stereocenters. The molecule has 3 rings (SSSR count). The molecule has 120 valence electrons. The lowest BCUT2D eigenvalue weighted by atomic mass is 10.3. The van der Waals surface area contributed by atoms with Crippen LogP contribution in [0, 0.1) is 11.6 Å². The van der Waals surface area contributed by atoms with Crippen molar-refractivity contribution in [2.24, 2.45) is 0 Å². The molecule has 2 heterocycles. The number of hydrogen-bond donors (Lipinski definition) is 1. The van der Waals surface area contributed by atoms with Crippen LogP contribution in [0.15, 0.2) is 47.5 Å². The van der Waals surface area contributed by atoms with E-state index >= 15 is 0 Å². The summed E-state index contributed by atoms with van der Waals surface area (Å²) in [4.78, 5) is -0.719. The molecular weight excluding hydrogens is 326 g/mol. The number of halogens is 2. The van der Waals surface area contributed by atoms with Gasteiger partial charge in [-0.05, 0) is 24.3 Å². The summed E-state index contributed by atoms with van der Waals surface area (Å²) in [6.45, 7) is -0.0199. The number of nitrogens with zero attached hydrogens (tertiary/aromatic N) is 3. The lowest BCUT2D eigenvalue weighted by Crippen LogP contribution is -2.27. The molecule has 0 aliphatic rings. The maximum absolute atomic E-state index is 13.6. The molecule has 0 spiro atoms. The van der Waals surface area contributed by atoms with Crippen molar-refractivity contribution in [2.45, 2.75) is 11.3 Å². The van der Waals surface area contributed by atoms with E-state index in [4.69, 9.17) is 0 Å². The standard InChI is InChI=1S/C14H12F2N4O2S/c15-10-4-3-5-11(14(10)16)23(21,22)17-8-7-13-19-18-12-6-1-2-9-20(12)13/h1-6,9,17H,7-8H2. The van der Waals surface area contributed by atoms with Gasteiger partial charge in [-0.25, -0.2) is 21.9 Å². The first-order chi connectivity index (χ1) is 11.0. The van der Waals surface area contributed by atoms with Crippen LogP contribution in [0.1, 0.15) is 5.82 Å². The van der Waals surface area contributed by atoms with Gasteiger partial charge in [0, 0.05) is 19.2 Å². The molecule has 0 fully saturated rings. The van der Waals surface area contributed by atoms with Gasteiger partial charge in [0.05, 0.1) is 0 Å². The Labute approximate surface area is 130 Å². The summed E-state index contributed by atoms with van der Waals surface area (Å²) >= 11 is 0. The molecule has 6 nitrogen and oxygen atoms in total. The molecule has 0 saturated carbocycles. The van der Waals surface area contributed by atoms with E-state index in [2.05, 4.69) is 14.9 Å². The minimum Gasteiger partial charge on any atom is -0.286 e. The van der Waals surface area contributed by atoms with E-state index in [9.17, 15) is 17.2 Å². The number of fused-ring (bicyclic) bond motifs is 1. The second kappa shape index (κ2) is 6.01. The largest absolute Gasteiger partial charge is 0.286 e. The second-order valence-electron chi connectivity index (χ2n) is 4.74. The van der Waals surface area contributed by atoms with Gasteiger partial charge in [0.2, 0.25) is 10.0 Å². The summed E-state index contributed by atoms with van der Waals surface area (Å²) in [6, 6.07) is 8.38. The molecule has 0 saturated heterocycles. The van der Waals surface area contributed by atoms with Gasteiger partial charge in [0.25, 0.3) is 0 Å². The summed E-state index contributed by atoms with van der Waals surface area (Å²) in [5, 5.41) is 7.91. The smallest absolute Gasteiger partial charge is 0.243 e. The topological polar surface area (TPSA) is 76.4 Å². The van der Waals surface area contributed by atoms with Crippen LogP contribution < -0.4 is 4.72 Å². The Balaban J connectivity index is 1.74. The highest BCUT2D eigenvalue weighted by molar-refractivity contribution is 7.89. The number of sulfonamides is 1. The van der Waals surface area contributed by atoms with Crippen LogP contribution in [0.25, 0.3) is 5.65 Å². The first-order valence-electron chi connectivity index (χ1n) is 6.71. The fraction of sp³-hybridized carbons (Fsp3) is 0.143. The highest BCUT2D eigenvalue weighted by Crippen LogP contribution is 2.16. The van der Waals surface area contributed by atoms with E-state index in [1.165, 1.54) is 0 Å². The normalized spacial score (nSPS) is 11.9. The molecule has 0 atom stereocenters. The third kappa shape index (κ3) is 3.06. The Kier molecular flexibility index (Phi) is 4.05. The van der Waals surface area contributed by atoms with E-state index in [1.807, 2.05) is 6.07 Å². The molecule has 0 aliphatic carbocycles. The maximum Gasteiger partial charge on any atom is 0.243 e. The number of pyridine rings is 1. The molecule has 0 radical (unpaired) electrons. The second-order valence-corrected chi connectivity index (χ2v) is 6.48. The van der Waals surface area contributed by atoms with Crippen LogP contribution in [-0.2, 0) is 16.4 Å². The van der Waals surface area contributed by atoms with Gasteiger partial charge in [-0.3, -0.25) is 4.40 Å². The minimum absolute atomic E-state index is 0.0199. The molecular formula is C14H12F2N4O2S. The predicted molar refractivity (Wildman–Crippen MR) is 78.2 cm³/mol. The van der Waals surface area contributed by atoms with Crippen molar-refractivity contribution < 1.29 is 17.2 Å². The Morgan fingerprint density at radius 1 is 1.09 bits per heavy atom. The van der Waals surface area contributed by atoms with Crippen molar-refractivity contribution in [1.82, 2.24) is 19.3 Å². The molecule has 9 heteroatoms. The average Bonchev–Trinajstić information content (AvgIpc) is 2.93. The number of hydrogen-bond acceptors (Lipinski definition) is 4. The number of benzene rings is 1. The van der Waals surface area contributed by atoms with Gasteiger partial charge in [-0.1, -0.05) is 12.1 Å². The third-order valence-electron chi connectivity index (χ3n) is 3.23. The van der Waals surface area contributed by atoms with Gasteiger partial charge in [-0.15, -0.1) is 10.2 Å². The Hall–Kier alpha value is -2.39. The molecule has 2 aromatic heterocycles. The van der Waals surface area contributed by atoms with Gasteiger partial charge in [0.1, 0.15) is 10.7 Å². The van der Waals surface area contributed by atoms with Crippen molar-refractivity contribution in [3.63, 3.8) is 0 Å². The Morgan fingerprint density at radius 3 is 2.74 bits per heavy atom. The average molecular weight is 338 g/mol. The zero-order valence-electron chi connectivity index (χ0n) is 11.8. The number of rotatable bonds is 5. The quantitative estimate of drug-likeness (QED) is 0.765. The highest BCUT2D eigenvalue weighted by Gasteiger charge is 2.21.